The summed E-state index contributed by atoms with van der Waals surface area (Å²) in [5.74, 6) is 0. The quantitative estimate of drug-likeness (QED) is 0.564. The minimum atomic E-state index is -2.60. The number of carbonyl (C=O) groups excluding carboxylic acids is 1. The topological polar surface area (TPSA) is 26.3 Å². The summed E-state index contributed by atoms with van der Waals surface area (Å²) in [6, 6.07) is 20.9. The van der Waals surface area contributed by atoms with Gasteiger partial charge in [-0.1, -0.05) is 94.8 Å². The molecule has 2 nitrogen and oxygen atoms in total. The monoisotopic (exact) mass is 340 g/mol. The third-order valence-electron chi connectivity index (χ3n) is 4.47. The molecule has 0 amide bonds. The lowest BCUT2D eigenvalue weighted by molar-refractivity contribution is -0.114. The van der Waals surface area contributed by atoms with Crippen molar-refractivity contribution in [2.24, 2.45) is 0 Å². The fourth-order valence-electron chi connectivity index (χ4n) is 3.36. The van der Waals surface area contributed by atoms with Gasteiger partial charge in [0, 0.05) is 0 Å². The number of hydrogen-bond acceptors (Lipinski definition) is 2. The second kappa shape index (κ2) is 7.91. The van der Waals surface area contributed by atoms with Crippen molar-refractivity contribution in [1.82, 2.24) is 0 Å². The molecule has 0 saturated heterocycles. The molecule has 0 unspecified atom stereocenters. The van der Waals surface area contributed by atoms with Gasteiger partial charge in [0.05, 0.1) is 0 Å². The van der Waals surface area contributed by atoms with Gasteiger partial charge in [0.15, 0.2) is 0 Å². The molecule has 0 spiro atoms. The first-order valence-corrected chi connectivity index (χ1v) is 10.6. The summed E-state index contributed by atoms with van der Waals surface area (Å²) in [6.45, 7) is 8.78. The molecule has 3 heteroatoms. The molecular weight excluding hydrogens is 312 g/mol. The van der Waals surface area contributed by atoms with Crippen LogP contribution >= 0.6 is 0 Å². The molecule has 0 saturated carbocycles. The van der Waals surface area contributed by atoms with Gasteiger partial charge in [-0.3, -0.25) is 0 Å². The number of benzene rings is 2. The van der Waals surface area contributed by atoms with Gasteiger partial charge in [0.2, 0.25) is 0 Å². The molecule has 24 heavy (non-hydrogen) atoms. The smallest absolute Gasteiger partial charge is 0.262 e. The summed E-state index contributed by atoms with van der Waals surface area (Å²) < 4.78 is 6.74. The van der Waals surface area contributed by atoms with Crippen LogP contribution in [0.3, 0.4) is 0 Å². The van der Waals surface area contributed by atoms with Crippen LogP contribution in [0.15, 0.2) is 60.7 Å². The number of carbonyl (C=O) groups is 1. The Morgan fingerprint density at radius 1 is 0.958 bits per heavy atom. The highest BCUT2D eigenvalue weighted by molar-refractivity contribution is 6.99. The van der Waals surface area contributed by atoms with Crippen molar-refractivity contribution < 1.29 is 9.22 Å². The van der Waals surface area contributed by atoms with Crippen molar-refractivity contribution in [3.63, 3.8) is 0 Å². The van der Waals surface area contributed by atoms with Crippen molar-refractivity contribution in [1.29, 1.82) is 0 Å². The molecule has 2 aromatic carbocycles. The molecule has 1 atom stereocenters. The predicted molar refractivity (Wildman–Crippen MR) is 103 cm³/mol. The largest absolute Gasteiger partial charge is 0.398 e. The number of rotatable bonds is 7. The molecule has 128 valence electrons. The van der Waals surface area contributed by atoms with Crippen molar-refractivity contribution in [3.8, 4) is 0 Å². The first kappa shape index (κ1) is 18.6. The molecule has 0 N–H and O–H groups in total. The number of aldehydes is 1. The van der Waals surface area contributed by atoms with Gasteiger partial charge >= 0.3 is 0 Å². The average Bonchev–Trinajstić information content (AvgIpc) is 2.59. The molecule has 0 aliphatic rings. The Morgan fingerprint density at radius 2 is 1.42 bits per heavy atom. The maximum absolute atomic E-state index is 11.7. The average molecular weight is 341 g/mol. The van der Waals surface area contributed by atoms with Crippen LogP contribution in [-0.2, 0) is 9.22 Å². The van der Waals surface area contributed by atoms with Crippen LogP contribution in [0.5, 0.6) is 0 Å². The van der Waals surface area contributed by atoms with Crippen LogP contribution < -0.4 is 10.4 Å². The minimum absolute atomic E-state index is 0.0926. The molecule has 0 aliphatic heterocycles. The highest BCUT2D eigenvalue weighted by Gasteiger charge is 2.51. The van der Waals surface area contributed by atoms with Crippen molar-refractivity contribution in [3.05, 3.63) is 60.7 Å². The van der Waals surface area contributed by atoms with Crippen molar-refractivity contribution in [2.45, 2.75) is 51.7 Å². The summed E-state index contributed by atoms with van der Waals surface area (Å²) in [7, 11) is -2.60. The van der Waals surface area contributed by atoms with E-state index in [4.69, 9.17) is 4.43 Å². The Bertz CT molecular complexity index is 592. The Hall–Kier alpha value is -1.71. The zero-order chi connectivity index (χ0) is 17.6. The molecule has 0 heterocycles. The van der Waals surface area contributed by atoms with Gasteiger partial charge in [-0.25, -0.2) is 0 Å². The normalized spacial score (nSPS) is 13.5. The Kier molecular flexibility index (Phi) is 6.14. The van der Waals surface area contributed by atoms with Crippen molar-refractivity contribution in [2.75, 3.05) is 0 Å². The maximum Gasteiger partial charge on any atom is 0.262 e. The third-order valence-corrected chi connectivity index (χ3v) is 9.53. The van der Waals surface area contributed by atoms with Gasteiger partial charge in [0.25, 0.3) is 8.32 Å². The summed E-state index contributed by atoms with van der Waals surface area (Å²) in [5, 5.41) is 2.34. The van der Waals surface area contributed by atoms with Gasteiger partial charge in [-0.05, 0) is 21.8 Å². The zero-order valence-electron chi connectivity index (χ0n) is 15.2. The van der Waals surface area contributed by atoms with E-state index >= 15 is 0 Å². The fraction of sp³-hybridized carbons (Fsp3) is 0.381. The lowest BCUT2D eigenvalue weighted by atomic mass is 10.2. The summed E-state index contributed by atoms with van der Waals surface area (Å²) in [6.07, 6.45) is 2.31. The van der Waals surface area contributed by atoms with Crippen LogP contribution in [0.1, 0.15) is 40.5 Å². The lowest BCUT2D eigenvalue weighted by Crippen LogP contribution is -2.67. The van der Waals surface area contributed by atoms with Gasteiger partial charge in [-0.15, -0.1) is 0 Å². The van der Waals surface area contributed by atoms with Gasteiger partial charge in [-0.2, -0.15) is 0 Å². The van der Waals surface area contributed by atoms with Crippen LogP contribution in [-0.4, -0.2) is 20.7 Å². The van der Waals surface area contributed by atoms with E-state index in [2.05, 4.69) is 76.2 Å². The second-order valence-electron chi connectivity index (χ2n) is 7.24. The number of hydrogen-bond donors (Lipinski definition) is 0. The first-order valence-electron chi connectivity index (χ1n) is 8.70. The predicted octanol–water partition coefficient (Wildman–Crippen LogP) is 3.93. The standard InChI is InChI=1S/C21H28O2Si/c1-5-12-18(17-22)23-24(21(2,3)4,19-13-8-6-9-14-19)20-15-10-7-11-16-20/h6-11,13-18H,5,12H2,1-4H3/t18-/m1/s1. The maximum atomic E-state index is 11.7. The minimum Gasteiger partial charge on any atom is -0.398 e. The highest BCUT2D eigenvalue weighted by Crippen LogP contribution is 2.37. The van der Waals surface area contributed by atoms with Crippen LogP contribution in [0.4, 0.5) is 0 Å². The van der Waals surface area contributed by atoms with E-state index < -0.39 is 8.32 Å². The van der Waals surface area contributed by atoms with Crippen molar-refractivity contribution >= 4 is 25.0 Å². The molecule has 0 radical (unpaired) electrons. The van der Waals surface area contributed by atoms with E-state index in [-0.39, 0.29) is 11.1 Å². The summed E-state index contributed by atoms with van der Waals surface area (Å²) in [5.41, 5.74) is 0. The molecule has 0 bridgehead atoms. The van der Waals surface area contributed by atoms with Gasteiger partial charge < -0.3 is 9.22 Å². The molecule has 2 rings (SSSR count). The van der Waals surface area contributed by atoms with Crippen LogP contribution in [0, 0.1) is 0 Å². The fourth-order valence-corrected chi connectivity index (χ4v) is 8.00. The molecule has 0 aliphatic carbocycles. The second-order valence-corrected chi connectivity index (χ2v) is 11.5. The third kappa shape index (κ3) is 3.68. The Labute approximate surface area is 147 Å². The van der Waals surface area contributed by atoms with E-state index in [1.165, 1.54) is 10.4 Å². The molecule has 2 aromatic rings. The lowest BCUT2D eigenvalue weighted by Gasteiger charge is -2.44. The molecule has 0 aromatic heterocycles. The molecule has 0 fully saturated rings. The van der Waals surface area contributed by atoms with Crippen LogP contribution in [0.25, 0.3) is 0 Å². The van der Waals surface area contributed by atoms with E-state index in [9.17, 15) is 4.79 Å². The summed E-state index contributed by atoms with van der Waals surface area (Å²) in [4.78, 5) is 11.7. The van der Waals surface area contributed by atoms with Crippen LogP contribution in [0.2, 0.25) is 5.04 Å². The van der Waals surface area contributed by atoms with E-state index in [1.54, 1.807) is 0 Å². The first-order chi connectivity index (χ1) is 11.5. The summed E-state index contributed by atoms with van der Waals surface area (Å²) >= 11 is 0. The van der Waals surface area contributed by atoms with Gasteiger partial charge in [0.1, 0.15) is 12.4 Å². The Morgan fingerprint density at radius 3 is 1.75 bits per heavy atom. The SMILES string of the molecule is CCC[C@H](C=O)O[Si](c1ccccc1)(c1ccccc1)C(C)(C)C. The highest BCUT2D eigenvalue weighted by atomic mass is 28.4. The van der Waals surface area contributed by atoms with E-state index in [0.29, 0.717) is 0 Å². The van der Waals surface area contributed by atoms with E-state index in [0.717, 1.165) is 19.1 Å². The zero-order valence-corrected chi connectivity index (χ0v) is 16.2. The molecular formula is C21H28O2Si. The van der Waals surface area contributed by atoms with E-state index in [1.807, 2.05) is 12.1 Å². The Balaban J connectivity index is 2.68.